The third-order valence-electron chi connectivity index (χ3n) is 2.29. The first kappa shape index (κ1) is 12.5. The van der Waals surface area contributed by atoms with Gasteiger partial charge < -0.3 is 5.73 Å². The van der Waals surface area contributed by atoms with Gasteiger partial charge in [0.05, 0.1) is 0 Å². The summed E-state index contributed by atoms with van der Waals surface area (Å²) >= 11 is 1.71. The highest BCUT2D eigenvalue weighted by atomic mass is 32.2. The first-order chi connectivity index (χ1) is 7.29. The van der Waals surface area contributed by atoms with E-state index in [0.717, 1.165) is 10.6 Å². The highest BCUT2D eigenvalue weighted by Gasteiger charge is 2.06. The molecule has 0 unspecified atom stereocenters. The monoisotopic (exact) mass is 227 g/mol. The Kier molecular flexibility index (Phi) is 5.73. The largest absolute Gasteiger partial charge is 0.326 e. The van der Waals surface area contributed by atoms with E-state index in [1.54, 1.807) is 17.8 Å². The zero-order valence-electron chi connectivity index (χ0n) is 9.13. The van der Waals surface area contributed by atoms with Gasteiger partial charge in [-0.05, 0) is 24.3 Å². The van der Waals surface area contributed by atoms with Crippen molar-refractivity contribution in [1.82, 2.24) is 0 Å². The van der Waals surface area contributed by atoms with Crippen molar-refractivity contribution in [2.24, 2.45) is 5.73 Å². The minimum atomic E-state index is -0.182. The standard InChI is InChI=1S/C12H18FNS/c1-2-3-4-8-15-12-7-5-6-11(13)10(12)9-14/h5-7H,2-4,8-9,14H2,1H3. The zero-order valence-corrected chi connectivity index (χ0v) is 9.95. The van der Waals surface area contributed by atoms with E-state index in [1.165, 1.54) is 25.3 Å². The van der Waals surface area contributed by atoms with Crippen molar-refractivity contribution < 1.29 is 4.39 Å². The van der Waals surface area contributed by atoms with Crippen LogP contribution in [0, 0.1) is 5.82 Å². The van der Waals surface area contributed by atoms with Gasteiger partial charge in [-0.2, -0.15) is 0 Å². The topological polar surface area (TPSA) is 26.0 Å². The summed E-state index contributed by atoms with van der Waals surface area (Å²) in [5, 5.41) is 0. The van der Waals surface area contributed by atoms with Crippen LogP contribution in [0.1, 0.15) is 31.7 Å². The van der Waals surface area contributed by atoms with Crippen LogP contribution in [0.5, 0.6) is 0 Å². The number of hydrogen-bond acceptors (Lipinski definition) is 2. The number of rotatable bonds is 6. The average Bonchev–Trinajstić information content (AvgIpc) is 2.24. The van der Waals surface area contributed by atoms with Crippen molar-refractivity contribution >= 4 is 11.8 Å². The Bertz CT molecular complexity index is 302. The van der Waals surface area contributed by atoms with Gasteiger partial charge in [-0.3, -0.25) is 0 Å². The lowest BCUT2D eigenvalue weighted by Gasteiger charge is -2.07. The van der Waals surface area contributed by atoms with Gasteiger partial charge in [0.1, 0.15) is 5.82 Å². The molecule has 0 fully saturated rings. The third kappa shape index (κ3) is 3.84. The molecule has 1 aromatic carbocycles. The second-order valence-corrected chi connectivity index (χ2v) is 4.61. The minimum absolute atomic E-state index is 0.182. The second-order valence-electron chi connectivity index (χ2n) is 3.48. The number of hydrogen-bond donors (Lipinski definition) is 1. The van der Waals surface area contributed by atoms with E-state index in [2.05, 4.69) is 6.92 Å². The second kappa shape index (κ2) is 6.85. The normalized spacial score (nSPS) is 10.6. The summed E-state index contributed by atoms with van der Waals surface area (Å²) in [5.74, 6) is 0.864. The average molecular weight is 227 g/mol. The summed E-state index contributed by atoms with van der Waals surface area (Å²) in [6.45, 7) is 2.46. The van der Waals surface area contributed by atoms with Gasteiger partial charge in [0.2, 0.25) is 0 Å². The van der Waals surface area contributed by atoms with Crippen molar-refractivity contribution in [3.05, 3.63) is 29.6 Å². The SMILES string of the molecule is CCCCCSc1cccc(F)c1CN. The Morgan fingerprint density at radius 1 is 1.33 bits per heavy atom. The Hall–Kier alpha value is -0.540. The number of thioether (sulfide) groups is 1. The predicted octanol–water partition coefficient (Wildman–Crippen LogP) is 3.57. The maximum Gasteiger partial charge on any atom is 0.128 e. The van der Waals surface area contributed by atoms with Crippen LogP contribution in [0.4, 0.5) is 4.39 Å². The van der Waals surface area contributed by atoms with E-state index in [0.29, 0.717) is 5.56 Å². The molecule has 0 aliphatic rings. The van der Waals surface area contributed by atoms with Crippen LogP contribution in [0.25, 0.3) is 0 Å². The van der Waals surface area contributed by atoms with E-state index >= 15 is 0 Å². The van der Waals surface area contributed by atoms with Crippen molar-refractivity contribution in [3.63, 3.8) is 0 Å². The summed E-state index contributed by atoms with van der Waals surface area (Å²) in [4.78, 5) is 0.994. The van der Waals surface area contributed by atoms with Crippen molar-refractivity contribution in [2.45, 2.75) is 37.6 Å². The molecule has 84 valence electrons. The van der Waals surface area contributed by atoms with E-state index in [9.17, 15) is 4.39 Å². The van der Waals surface area contributed by atoms with Crippen molar-refractivity contribution in [1.29, 1.82) is 0 Å². The molecule has 15 heavy (non-hydrogen) atoms. The maximum atomic E-state index is 13.3. The fourth-order valence-electron chi connectivity index (χ4n) is 1.41. The maximum absolute atomic E-state index is 13.3. The fraction of sp³-hybridized carbons (Fsp3) is 0.500. The van der Waals surface area contributed by atoms with Crippen LogP contribution in [0.2, 0.25) is 0 Å². The van der Waals surface area contributed by atoms with Crippen molar-refractivity contribution in [3.8, 4) is 0 Å². The summed E-state index contributed by atoms with van der Waals surface area (Å²) in [6, 6.07) is 5.16. The Balaban J connectivity index is 2.56. The van der Waals surface area contributed by atoms with Crippen LogP contribution >= 0.6 is 11.8 Å². The van der Waals surface area contributed by atoms with E-state index in [4.69, 9.17) is 5.73 Å². The molecule has 0 aromatic heterocycles. The molecule has 0 radical (unpaired) electrons. The van der Waals surface area contributed by atoms with E-state index in [1.807, 2.05) is 6.07 Å². The number of halogens is 1. The molecule has 0 saturated carbocycles. The number of nitrogens with two attached hydrogens (primary N) is 1. The van der Waals surface area contributed by atoms with Gasteiger partial charge in [0.25, 0.3) is 0 Å². The molecule has 0 aliphatic carbocycles. The summed E-state index contributed by atoms with van der Waals surface area (Å²) in [5.41, 5.74) is 6.18. The molecule has 1 rings (SSSR count). The minimum Gasteiger partial charge on any atom is -0.326 e. The van der Waals surface area contributed by atoms with Gasteiger partial charge in [-0.1, -0.05) is 25.8 Å². The van der Waals surface area contributed by atoms with Gasteiger partial charge in [0, 0.05) is 17.0 Å². The smallest absolute Gasteiger partial charge is 0.128 e. The van der Waals surface area contributed by atoms with Crippen LogP contribution in [-0.2, 0) is 6.54 Å². The lowest BCUT2D eigenvalue weighted by Crippen LogP contribution is -2.01. The summed E-state index contributed by atoms with van der Waals surface area (Å²) < 4.78 is 13.3. The summed E-state index contributed by atoms with van der Waals surface area (Å²) in [7, 11) is 0. The molecule has 0 aliphatic heterocycles. The highest BCUT2D eigenvalue weighted by molar-refractivity contribution is 7.99. The molecule has 0 bridgehead atoms. The third-order valence-corrected chi connectivity index (χ3v) is 3.47. The highest BCUT2D eigenvalue weighted by Crippen LogP contribution is 2.25. The molecule has 1 aromatic rings. The molecule has 3 heteroatoms. The van der Waals surface area contributed by atoms with Gasteiger partial charge in [-0.15, -0.1) is 11.8 Å². The first-order valence-electron chi connectivity index (χ1n) is 5.39. The quantitative estimate of drug-likeness (QED) is 0.594. The lowest BCUT2D eigenvalue weighted by molar-refractivity contribution is 0.604. The van der Waals surface area contributed by atoms with Crippen LogP contribution in [0.3, 0.4) is 0 Å². The lowest BCUT2D eigenvalue weighted by atomic mass is 10.2. The Morgan fingerprint density at radius 3 is 2.80 bits per heavy atom. The number of benzene rings is 1. The van der Waals surface area contributed by atoms with Crippen LogP contribution in [-0.4, -0.2) is 5.75 Å². The molecule has 1 nitrogen and oxygen atoms in total. The molecular weight excluding hydrogens is 209 g/mol. The molecule has 0 saturated heterocycles. The molecule has 0 atom stereocenters. The van der Waals surface area contributed by atoms with Crippen molar-refractivity contribution in [2.75, 3.05) is 5.75 Å². The van der Waals surface area contributed by atoms with Crippen LogP contribution in [0.15, 0.2) is 23.1 Å². The van der Waals surface area contributed by atoms with Crippen LogP contribution < -0.4 is 5.73 Å². The summed E-state index contributed by atoms with van der Waals surface area (Å²) in [6.07, 6.45) is 3.63. The zero-order chi connectivity index (χ0) is 11.1. The van der Waals surface area contributed by atoms with E-state index < -0.39 is 0 Å². The van der Waals surface area contributed by atoms with Gasteiger partial charge >= 0.3 is 0 Å². The molecule has 0 spiro atoms. The molecular formula is C12H18FNS. The van der Waals surface area contributed by atoms with Gasteiger partial charge in [0.15, 0.2) is 0 Å². The molecule has 2 N–H and O–H groups in total. The van der Waals surface area contributed by atoms with E-state index in [-0.39, 0.29) is 12.4 Å². The Labute approximate surface area is 95.2 Å². The molecule has 0 heterocycles. The Morgan fingerprint density at radius 2 is 2.13 bits per heavy atom. The predicted molar refractivity (Wildman–Crippen MR) is 64.5 cm³/mol. The van der Waals surface area contributed by atoms with Gasteiger partial charge in [-0.25, -0.2) is 4.39 Å². The fourth-order valence-corrected chi connectivity index (χ4v) is 2.50. The molecule has 0 amide bonds. The number of unbranched alkanes of at least 4 members (excludes halogenated alkanes) is 2. The first-order valence-corrected chi connectivity index (χ1v) is 6.38.